The van der Waals surface area contributed by atoms with E-state index >= 15 is 0 Å². The summed E-state index contributed by atoms with van der Waals surface area (Å²) in [4.78, 5) is 30.7. The van der Waals surface area contributed by atoms with E-state index in [-0.39, 0.29) is 40.8 Å². The number of carbonyl (C=O) groups excluding carboxylic acids is 2. The molecule has 0 aromatic carbocycles. The van der Waals surface area contributed by atoms with Crippen LogP contribution in [0, 0.1) is 11.8 Å². The van der Waals surface area contributed by atoms with E-state index in [4.69, 9.17) is 32.7 Å². The number of aromatic nitrogens is 1. The van der Waals surface area contributed by atoms with E-state index in [1.165, 1.54) is 0 Å². The molecule has 0 N–H and O–H groups in total. The summed E-state index contributed by atoms with van der Waals surface area (Å²) in [6.45, 7) is 8.38. The molecule has 26 heavy (non-hydrogen) atoms. The highest BCUT2D eigenvalue weighted by molar-refractivity contribution is 6.32. The Morgan fingerprint density at radius 3 is 2.23 bits per heavy atom. The number of hydrogen-bond acceptors (Lipinski definition) is 5. The van der Waals surface area contributed by atoms with E-state index in [0.717, 1.165) is 0 Å². The van der Waals surface area contributed by atoms with Crippen LogP contribution in [0.25, 0.3) is 0 Å². The second-order valence-corrected chi connectivity index (χ2v) is 8.46. The average Bonchev–Trinajstić information content (AvgIpc) is 2.89. The molecule has 0 spiro atoms. The number of carbonyl (C=O) groups is 2. The molecule has 142 valence electrons. The molecule has 0 radical (unpaired) electrons. The Hall–Kier alpha value is -1.53. The third kappa shape index (κ3) is 3.25. The minimum atomic E-state index is -0.829. The zero-order chi connectivity index (χ0) is 19.3. The first-order valence-corrected chi connectivity index (χ1v) is 9.34. The predicted molar refractivity (Wildman–Crippen MR) is 97.4 cm³/mol. The minimum Gasteiger partial charge on any atom is -0.465 e. The summed E-state index contributed by atoms with van der Waals surface area (Å²) in [7, 11) is 0. The van der Waals surface area contributed by atoms with E-state index in [1.54, 1.807) is 24.0 Å². The molecule has 2 aliphatic rings. The largest absolute Gasteiger partial charge is 0.465 e. The van der Waals surface area contributed by atoms with Gasteiger partial charge in [-0.1, -0.05) is 23.2 Å². The van der Waals surface area contributed by atoms with Crippen molar-refractivity contribution in [3.8, 4) is 0 Å². The number of piperidine rings is 1. The molecule has 6 nitrogen and oxygen atoms in total. The third-order valence-corrected chi connectivity index (χ3v) is 5.27. The molecule has 1 saturated carbocycles. The van der Waals surface area contributed by atoms with Crippen molar-refractivity contribution in [3.05, 3.63) is 28.0 Å². The normalized spacial score (nSPS) is 27.1. The van der Waals surface area contributed by atoms with E-state index in [1.807, 2.05) is 20.8 Å². The molecule has 8 heteroatoms. The van der Waals surface area contributed by atoms with Crippen LogP contribution in [0.3, 0.4) is 0 Å². The lowest BCUT2D eigenvalue weighted by atomic mass is 9.91. The zero-order valence-electron chi connectivity index (χ0n) is 15.2. The van der Waals surface area contributed by atoms with Crippen molar-refractivity contribution in [2.75, 3.05) is 19.7 Å². The van der Waals surface area contributed by atoms with Crippen LogP contribution >= 0.6 is 23.2 Å². The van der Waals surface area contributed by atoms with Gasteiger partial charge < -0.3 is 14.4 Å². The molecule has 2 atom stereocenters. The van der Waals surface area contributed by atoms with Gasteiger partial charge in [-0.2, -0.15) is 0 Å². The lowest BCUT2D eigenvalue weighted by Crippen LogP contribution is -2.41. The molecule has 1 aromatic rings. The molecule has 2 heterocycles. The Bertz CT molecular complexity index is 715. The summed E-state index contributed by atoms with van der Waals surface area (Å²) in [5.74, 6) is -0.413. The molecular formula is C18H22Cl2N2O4. The van der Waals surface area contributed by atoms with Gasteiger partial charge in [-0.05, 0) is 45.4 Å². The van der Waals surface area contributed by atoms with E-state index in [2.05, 4.69) is 4.98 Å². The monoisotopic (exact) mass is 400 g/mol. The van der Waals surface area contributed by atoms with Gasteiger partial charge in [-0.25, -0.2) is 9.78 Å². The highest BCUT2D eigenvalue weighted by atomic mass is 35.5. The number of likely N-dealkylation sites (tertiary alicyclic amines) is 1. The quantitative estimate of drug-likeness (QED) is 0.571. The number of fused-ring (bicyclic) bond motifs is 1. The van der Waals surface area contributed by atoms with Gasteiger partial charge in [0.25, 0.3) is 0 Å². The van der Waals surface area contributed by atoms with Gasteiger partial charge >= 0.3 is 12.1 Å². The van der Waals surface area contributed by atoms with Crippen LogP contribution in [0.5, 0.6) is 0 Å². The minimum absolute atomic E-state index is 0.0522. The smallest absolute Gasteiger partial charge is 0.410 e. The van der Waals surface area contributed by atoms with Gasteiger partial charge in [0.05, 0.1) is 6.61 Å². The number of ether oxygens (including phenoxy) is 2. The van der Waals surface area contributed by atoms with Crippen LogP contribution in [0.2, 0.25) is 10.3 Å². The van der Waals surface area contributed by atoms with Crippen molar-refractivity contribution in [1.82, 2.24) is 9.88 Å². The van der Waals surface area contributed by atoms with Crippen molar-refractivity contribution in [2.45, 2.75) is 38.7 Å². The van der Waals surface area contributed by atoms with Crippen LogP contribution in [-0.2, 0) is 19.7 Å². The fourth-order valence-electron chi connectivity index (χ4n) is 3.91. The number of nitrogens with zero attached hydrogens (tertiary/aromatic N) is 2. The van der Waals surface area contributed by atoms with Gasteiger partial charge in [0.2, 0.25) is 0 Å². The maximum Gasteiger partial charge on any atom is 0.410 e. The summed E-state index contributed by atoms with van der Waals surface area (Å²) >= 11 is 12.1. The van der Waals surface area contributed by atoms with Gasteiger partial charge in [-0.15, -0.1) is 0 Å². The number of halogens is 2. The number of pyridine rings is 1. The Labute approximate surface area is 162 Å². The molecule has 3 rings (SSSR count). The van der Waals surface area contributed by atoms with Crippen molar-refractivity contribution in [3.63, 3.8) is 0 Å². The number of hydrogen-bond donors (Lipinski definition) is 0. The number of rotatable bonds is 3. The third-order valence-electron chi connectivity index (χ3n) is 4.89. The molecular weight excluding hydrogens is 379 g/mol. The lowest BCUT2D eigenvalue weighted by Gasteiger charge is -2.28. The molecule has 2 fully saturated rings. The Balaban J connectivity index is 1.85. The molecule has 0 bridgehead atoms. The van der Waals surface area contributed by atoms with Crippen molar-refractivity contribution >= 4 is 35.3 Å². The van der Waals surface area contributed by atoms with E-state index in [9.17, 15) is 9.59 Å². The van der Waals surface area contributed by atoms with Gasteiger partial charge in [0, 0.05) is 24.9 Å². The van der Waals surface area contributed by atoms with Crippen LogP contribution in [0.15, 0.2) is 12.1 Å². The number of esters is 1. The Kier molecular flexibility index (Phi) is 4.86. The van der Waals surface area contributed by atoms with E-state index < -0.39 is 11.0 Å². The van der Waals surface area contributed by atoms with Crippen molar-refractivity contribution < 1.29 is 19.1 Å². The summed E-state index contributed by atoms with van der Waals surface area (Å²) in [6.07, 6.45) is -0.367. The summed E-state index contributed by atoms with van der Waals surface area (Å²) < 4.78 is 10.8. The molecule has 1 aliphatic carbocycles. The first-order valence-electron chi connectivity index (χ1n) is 8.58. The van der Waals surface area contributed by atoms with Crippen LogP contribution in [0.4, 0.5) is 4.79 Å². The SMILES string of the molecule is CCOC(=O)C1(c2cc(Cl)nc(Cl)c2)C2CN(C(=O)OC(C)(C)C)CC21. The van der Waals surface area contributed by atoms with Crippen molar-refractivity contribution in [2.24, 2.45) is 11.8 Å². The standard InChI is InChI=1S/C18H22Cl2N2O4/c1-5-25-15(23)18(10-6-13(19)21-14(20)7-10)11-8-22(9-12(11)18)16(24)26-17(2,3)4/h6-7,11-12H,5,8-9H2,1-4H3. The van der Waals surface area contributed by atoms with Gasteiger partial charge in [0.15, 0.2) is 0 Å². The molecule has 2 unspecified atom stereocenters. The maximum absolute atomic E-state index is 12.8. The predicted octanol–water partition coefficient (Wildman–Crippen LogP) is 3.69. The maximum atomic E-state index is 12.8. The highest BCUT2D eigenvalue weighted by Gasteiger charge is 2.75. The first-order chi connectivity index (χ1) is 12.1. The molecule has 1 saturated heterocycles. The summed E-state index contributed by atoms with van der Waals surface area (Å²) in [5, 5.41) is 0.454. The van der Waals surface area contributed by atoms with Crippen molar-refractivity contribution in [1.29, 1.82) is 0 Å². The second-order valence-electron chi connectivity index (χ2n) is 7.69. The van der Waals surface area contributed by atoms with E-state index in [0.29, 0.717) is 18.7 Å². The summed E-state index contributed by atoms with van der Waals surface area (Å²) in [5.41, 5.74) is -0.696. The fourth-order valence-corrected chi connectivity index (χ4v) is 4.37. The fraction of sp³-hybridized carbons (Fsp3) is 0.611. The Morgan fingerprint density at radius 1 is 1.23 bits per heavy atom. The van der Waals surface area contributed by atoms with Crippen LogP contribution < -0.4 is 0 Å². The topological polar surface area (TPSA) is 68.7 Å². The van der Waals surface area contributed by atoms with Gasteiger partial charge in [0.1, 0.15) is 21.3 Å². The molecule has 1 amide bonds. The second kappa shape index (κ2) is 6.57. The zero-order valence-corrected chi connectivity index (χ0v) is 16.7. The molecule has 1 aliphatic heterocycles. The molecule has 1 aromatic heterocycles. The van der Waals surface area contributed by atoms with Crippen LogP contribution in [0.1, 0.15) is 33.3 Å². The van der Waals surface area contributed by atoms with Crippen LogP contribution in [-0.4, -0.2) is 47.2 Å². The lowest BCUT2D eigenvalue weighted by molar-refractivity contribution is -0.147. The first kappa shape index (κ1) is 19.2. The summed E-state index contributed by atoms with van der Waals surface area (Å²) in [6, 6.07) is 3.31. The van der Waals surface area contributed by atoms with Gasteiger partial charge in [-0.3, -0.25) is 4.79 Å². The highest BCUT2D eigenvalue weighted by Crippen LogP contribution is 2.64. The Morgan fingerprint density at radius 2 is 1.77 bits per heavy atom. The average molecular weight is 401 g/mol. The number of amides is 1.